The van der Waals surface area contributed by atoms with Gasteiger partial charge < -0.3 is 15.3 Å². The van der Waals surface area contributed by atoms with E-state index in [1.165, 1.54) is 4.90 Å². The molecule has 114 valence electrons. The zero-order valence-corrected chi connectivity index (χ0v) is 12.3. The molecule has 0 radical (unpaired) electrons. The van der Waals surface area contributed by atoms with Crippen molar-refractivity contribution in [3.8, 4) is 0 Å². The summed E-state index contributed by atoms with van der Waals surface area (Å²) in [5, 5.41) is 12.2. The molecule has 1 fully saturated rings. The van der Waals surface area contributed by atoms with Gasteiger partial charge in [-0.25, -0.2) is 9.59 Å². The van der Waals surface area contributed by atoms with Crippen LogP contribution in [0.1, 0.15) is 31.7 Å². The van der Waals surface area contributed by atoms with E-state index in [1.54, 1.807) is 6.92 Å². The standard InChI is InChI=1S/C16H22N2O3/c1-16(14(19)20)10-5-6-12-18(16)15(21)17-11-9-13-7-3-2-4-8-13/h2-4,7-8H,5-6,9-12H2,1H3,(H,17,21)(H,19,20). The summed E-state index contributed by atoms with van der Waals surface area (Å²) in [4.78, 5) is 25.2. The number of rotatable bonds is 4. The Kier molecular flexibility index (Phi) is 4.83. The van der Waals surface area contributed by atoms with Crippen molar-refractivity contribution in [1.29, 1.82) is 0 Å². The Labute approximate surface area is 125 Å². The maximum absolute atomic E-state index is 12.3. The Morgan fingerprint density at radius 3 is 2.67 bits per heavy atom. The molecule has 1 unspecified atom stereocenters. The van der Waals surface area contributed by atoms with Crippen LogP contribution in [-0.4, -0.2) is 40.6 Å². The second-order valence-corrected chi connectivity index (χ2v) is 5.66. The number of hydrogen-bond acceptors (Lipinski definition) is 2. The number of aliphatic carboxylic acids is 1. The van der Waals surface area contributed by atoms with E-state index < -0.39 is 11.5 Å². The van der Waals surface area contributed by atoms with Gasteiger partial charge in [-0.2, -0.15) is 0 Å². The van der Waals surface area contributed by atoms with Crippen LogP contribution in [0.15, 0.2) is 30.3 Å². The molecule has 2 rings (SSSR count). The predicted octanol–water partition coefficient (Wildman–Crippen LogP) is 2.27. The summed E-state index contributed by atoms with van der Waals surface area (Å²) < 4.78 is 0. The fourth-order valence-corrected chi connectivity index (χ4v) is 2.72. The van der Waals surface area contributed by atoms with Gasteiger partial charge in [-0.1, -0.05) is 30.3 Å². The van der Waals surface area contributed by atoms with Crippen molar-refractivity contribution in [2.45, 2.75) is 38.1 Å². The zero-order valence-electron chi connectivity index (χ0n) is 12.3. The number of amides is 2. The van der Waals surface area contributed by atoms with Gasteiger partial charge in [0.25, 0.3) is 0 Å². The van der Waals surface area contributed by atoms with E-state index in [9.17, 15) is 14.7 Å². The highest BCUT2D eigenvalue weighted by atomic mass is 16.4. The molecule has 1 heterocycles. The quantitative estimate of drug-likeness (QED) is 0.893. The SMILES string of the molecule is CC1(C(=O)O)CCCCN1C(=O)NCCc1ccccc1. The monoisotopic (exact) mass is 290 g/mol. The number of hydrogen-bond donors (Lipinski definition) is 2. The lowest BCUT2D eigenvalue weighted by molar-refractivity contribution is -0.150. The zero-order chi connectivity index (χ0) is 15.3. The van der Waals surface area contributed by atoms with Crippen molar-refractivity contribution in [3.05, 3.63) is 35.9 Å². The third kappa shape index (κ3) is 3.54. The molecule has 1 aromatic rings. The Bertz CT molecular complexity index is 504. The van der Waals surface area contributed by atoms with Gasteiger partial charge >= 0.3 is 12.0 Å². The Morgan fingerprint density at radius 1 is 1.29 bits per heavy atom. The summed E-state index contributed by atoms with van der Waals surface area (Å²) >= 11 is 0. The molecule has 2 amide bonds. The van der Waals surface area contributed by atoms with Crippen molar-refractivity contribution in [1.82, 2.24) is 10.2 Å². The number of carboxylic acid groups (broad SMARTS) is 1. The van der Waals surface area contributed by atoms with Crippen LogP contribution in [0.25, 0.3) is 0 Å². The van der Waals surface area contributed by atoms with Crippen LogP contribution >= 0.6 is 0 Å². The van der Waals surface area contributed by atoms with Crippen molar-refractivity contribution < 1.29 is 14.7 Å². The van der Waals surface area contributed by atoms with Gasteiger partial charge in [0, 0.05) is 13.1 Å². The molecule has 1 aromatic carbocycles. The lowest BCUT2D eigenvalue weighted by atomic mass is 9.89. The minimum Gasteiger partial charge on any atom is -0.480 e. The molecular weight excluding hydrogens is 268 g/mol. The molecule has 1 aliphatic heterocycles. The van der Waals surface area contributed by atoms with Gasteiger partial charge in [-0.05, 0) is 38.2 Å². The fourth-order valence-electron chi connectivity index (χ4n) is 2.72. The summed E-state index contributed by atoms with van der Waals surface area (Å²) in [6.07, 6.45) is 2.95. The number of nitrogens with zero attached hydrogens (tertiary/aromatic N) is 1. The number of likely N-dealkylation sites (tertiary alicyclic amines) is 1. The van der Waals surface area contributed by atoms with E-state index in [0.717, 1.165) is 24.8 Å². The average Bonchev–Trinajstić information content (AvgIpc) is 2.48. The fraction of sp³-hybridized carbons (Fsp3) is 0.500. The molecule has 0 saturated carbocycles. The molecule has 5 nitrogen and oxygen atoms in total. The maximum Gasteiger partial charge on any atom is 0.329 e. The largest absolute Gasteiger partial charge is 0.480 e. The van der Waals surface area contributed by atoms with Crippen molar-refractivity contribution >= 4 is 12.0 Å². The molecule has 1 saturated heterocycles. The first-order valence-corrected chi connectivity index (χ1v) is 7.37. The normalized spacial score (nSPS) is 21.9. The highest BCUT2D eigenvalue weighted by Gasteiger charge is 2.43. The first-order chi connectivity index (χ1) is 10.0. The summed E-state index contributed by atoms with van der Waals surface area (Å²) in [6, 6.07) is 9.61. The van der Waals surface area contributed by atoms with Gasteiger partial charge in [0.1, 0.15) is 5.54 Å². The van der Waals surface area contributed by atoms with Crippen LogP contribution in [0.5, 0.6) is 0 Å². The lowest BCUT2D eigenvalue weighted by Gasteiger charge is -2.41. The van der Waals surface area contributed by atoms with E-state index in [4.69, 9.17) is 0 Å². The van der Waals surface area contributed by atoms with Crippen LogP contribution in [0.4, 0.5) is 4.79 Å². The molecule has 0 spiro atoms. The topological polar surface area (TPSA) is 69.6 Å². The maximum atomic E-state index is 12.3. The minimum atomic E-state index is -1.09. The number of carboxylic acids is 1. The van der Waals surface area contributed by atoms with Crippen LogP contribution < -0.4 is 5.32 Å². The summed E-state index contributed by atoms with van der Waals surface area (Å²) in [5.41, 5.74) is 0.0622. The number of nitrogens with one attached hydrogen (secondary N) is 1. The summed E-state index contributed by atoms with van der Waals surface area (Å²) in [6.45, 7) is 2.64. The van der Waals surface area contributed by atoms with Crippen LogP contribution in [-0.2, 0) is 11.2 Å². The van der Waals surface area contributed by atoms with Crippen molar-refractivity contribution in [3.63, 3.8) is 0 Å². The Morgan fingerprint density at radius 2 is 2.00 bits per heavy atom. The predicted molar refractivity (Wildman–Crippen MR) is 80.1 cm³/mol. The van der Waals surface area contributed by atoms with E-state index in [-0.39, 0.29) is 6.03 Å². The summed E-state index contributed by atoms with van der Waals surface area (Å²) in [5.74, 6) is -0.930. The van der Waals surface area contributed by atoms with Crippen molar-refractivity contribution in [2.75, 3.05) is 13.1 Å². The molecule has 2 N–H and O–H groups in total. The number of urea groups is 1. The smallest absolute Gasteiger partial charge is 0.329 e. The number of carbonyl (C=O) groups is 2. The highest BCUT2D eigenvalue weighted by Crippen LogP contribution is 2.28. The van der Waals surface area contributed by atoms with E-state index >= 15 is 0 Å². The Balaban J connectivity index is 1.91. The van der Waals surface area contributed by atoms with Gasteiger partial charge in [-0.15, -0.1) is 0 Å². The average molecular weight is 290 g/mol. The van der Waals surface area contributed by atoms with Crippen LogP contribution in [0.3, 0.4) is 0 Å². The van der Waals surface area contributed by atoms with Crippen LogP contribution in [0.2, 0.25) is 0 Å². The first kappa shape index (κ1) is 15.4. The van der Waals surface area contributed by atoms with E-state index in [1.807, 2.05) is 30.3 Å². The number of benzene rings is 1. The number of carbonyl (C=O) groups excluding carboxylic acids is 1. The molecule has 0 aliphatic carbocycles. The lowest BCUT2D eigenvalue weighted by Crippen LogP contribution is -2.60. The summed E-state index contributed by atoms with van der Waals surface area (Å²) in [7, 11) is 0. The third-order valence-electron chi connectivity index (χ3n) is 4.13. The highest BCUT2D eigenvalue weighted by molar-refractivity contribution is 5.86. The molecular formula is C16H22N2O3. The van der Waals surface area contributed by atoms with E-state index in [2.05, 4.69) is 5.32 Å². The third-order valence-corrected chi connectivity index (χ3v) is 4.13. The molecule has 21 heavy (non-hydrogen) atoms. The van der Waals surface area contributed by atoms with E-state index in [0.29, 0.717) is 19.5 Å². The second-order valence-electron chi connectivity index (χ2n) is 5.66. The van der Waals surface area contributed by atoms with Gasteiger partial charge in [-0.3, -0.25) is 0 Å². The molecule has 0 bridgehead atoms. The molecule has 1 aliphatic rings. The first-order valence-electron chi connectivity index (χ1n) is 7.37. The number of piperidine rings is 1. The molecule has 0 aromatic heterocycles. The Hall–Kier alpha value is -2.04. The van der Waals surface area contributed by atoms with Crippen LogP contribution in [0, 0.1) is 0 Å². The second kappa shape index (κ2) is 6.61. The molecule has 1 atom stereocenters. The minimum absolute atomic E-state index is 0.282. The van der Waals surface area contributed by atoms with Crippen molar-refractivity contribution in [2.24, 2.45) is 0 Å². The van der Waals surface area contributed by atoms with Gasteiger partial charge in [0.2, 0.25) is 0 Å². The molecule has 5 heteroatoms. The van der Waals surface area contributed by atoms with Gasteiger partial charge in [0.05, 0.1) is 0 Å². The van der Waals surface area contributed by atoms with Gasteiger partial charge in [0.15, 0.2) is 0 Å².